The Morgan fingerprint density at radius 2 is 2.11 bits per heavy atom. The van der Waals surface area contributed by atoms with Crippen molar-refractivity contribution >= 4 is 29.0 Å². The highest BCUT2D eigenvalue weighted by atomic mass is 35.5. The van der Waals surface area contributed by atoms with Crippen LogP contribution in [0.3, 0.4) is 0 Å². The molecule has 19 heavy (non-hydrogen) atoms. The highest BCUT2D eigenvalue weighted by Crippen LogP contribution is 2.30. The van der Waals surface area contributed by atoms with Crippen LogP contribution in [0.25, 0.3) is 0 Å². The maximum Gasteiger partial charge on any atom is 0.311 e. The van der Waals surface area contributed by atoms with Crippen molar-refractivity contribution in [3.63, 3.8) is 0 Å². The minimum absolute atomic E-state index is 0.0816. The zero-order valence-electron chi connectivity index (χ0n) is 10.1. The largest absolute Gasteiger partial charge is 0.369 e. The fraction of sp³-hybridized carbons (Fsp3) is 0.455. The number of hydrogen-bond acceptors (Lipinski definition) is 5. The second-order valence-electron chi connectivity index (χ2n) is 4.40. The average molecular weight is 285 g/mol. The molecule has 2 N–H and O–H groups in total. The van der Waals surface area contributed by atoms with Gasteiger partial charge >= 0.3 is 5.69 Å². The number of nitrogens with zero attached hydrogens (tertiary/aromatic N) is 3. The number of halogens is 1. The van der Waals surface area contributed by atoms with Crippen LogP contribution in [0.1, 0.15) is 12.8 Å². The molecule has 0 aliphatic carbocycles. The van der Waals surface area contributed by atoms with Gasteiger partial charge in [-0.2, -0.15) is 0 Å². The number of nitrogens with two attached hydrogens (primary N) is 1. The van der Waals surface area contributed by atoms with Gasteiger partial charge in [0.05, 0.1) is 4.92 Å². The Morgan fingerprint density at radius 3 is 2.63 bits per heavy atom. The predicted molar refractivity (Wildman–Crippen MR) is 70.0 cm³/mol. The number of anilines is 1. The summed E-state index contributed by atoms with van der Waals surface area (Å²) in [5.74, 6) is -0.247. The summed E-state index contributed by atoms with van der Waals surface area (Å²) in [6, 6.07) is 2.73. The molecule has 1 aromatic rings. The lowest BCUT2D eigenvalue weighted by molar-refractivity contribution is -0.384. The number of aromatic nitrogens is 1. The quantitative estimate of drug-likeness (QED) is 0.513. The summed E-state index contributed by atoms with van der Waals surface area (Å²) < 4.78 is 0. The topological polar surface area (TPSA) is 102 Å². The third kappa shape index (κ3) is 2.93. The summed E-state index contributed by atoms with van der Waals surface area (Å²) in [7, 11) is 0. The van der Waals surface area contributed by atoms with E-state index in [-0.39, 0.29) is 28.5 Å². The van der Waals surface area contributed by atoms with Gasteiger partial charge in [-0.25, -0.2) is 4.98 Å². The summed E-state index contributed by atoms with van der Waals surface area (Å²) in [6.45, 7) is 1.00. The van der Waals surface area contributed by atoms with Crippen molar-refractivity contribution in [2.75, 3.05) is 18.0 Å². The third-order valence-electron chi connectivity index (χ3n) is 3.21. The minimum Gasteiger partial charge on any atom is -0.369 e. The fourth-order valence-electron chi connectivity index (χ4n) is 2.17. The number of primary amides is 1. The van der Waals surface area contributed by atoms with Gasteiger partial charge in [-0.05, 0) is 18.9 Å². The van der Waals surface area contributed by atoms with Gasteiger partial charge in [0, 0.05) is 25.1 Å². The zero-order chi connectivity index (χ0) is 14.0. The van der Waals surface area contributed by atoms with Crippen molar-refractivity contribution in [1.29, 1.82) is 0 Å². The molecular formula is C11H13ClN4O3. The lowest BCUT2D eigenvalue weighted by Crippen LogP contribution is -2.39. The summed E-state index contributed by atoms with van der Waals surface area (Å²) >= 11 is 5.79. The van der Waals surface area contributed by atoms with Crippen molar-refractivity contribution < 1.29 is 9.72 Å². The molecular weight excluding hydrogens is 272 g/mol. The Bertz CT molecular complexity index is 515. The van der Waals surface area contributed by atoms with Crippen molar-refractivity contribution in [1.82, 2.24) is 4.98 Å². The van der Waals surface area contributed by atoms with E-state index in [1.807, 2.05) is 0 Å². The summed E-state index contributed by atoms with van der Waals surface area (Å²) in [6.07, 6.45) is 1.14. The summed E-state index contributed by atoms with van der Waals surface area (Å²) in [4.78, 5) is 27.4. The van der Waals surface area contributed by atoms with Gasteiger partial charge in [-0.15, -0.1) is 0 Å². The Hall–Kier alpha value is -1.89. The van der Waals surface area contributed by atoms with E-state index in [9.17, 15) is 14.9 Å². The van der Waals surface area contributed by atoms with E-state index in [0.29, 0.717) is 25.9 Å². The Morgan fingerprint density at radius 1 is 1.47 bits per heavy atom. The molecule has 8 heteroatoms. The van der Waals surface area contributed by atoms with Crippen LogP contribution in [0.2, 0.25) is 5.15 Å². The van der Waals surface area contributed by atoms with Gasteiger partial charge in [0.1, 0.15) is 5.15 Å². The third-order valence-corrected chi connectivity index (χ3v) is 3.42. The van der Waals surface area contributed by atoms with Gasteiger partial charge in [0.25, 0.3) is 0 Å². The number of piperidine rings is 1. The van der Waals surface area contributed by atoms with E-state index in [1.54, 1.807) is 4.90 Å². The zero-order valence-corrected chi connectivity index (χ0v) is 10.8. The molecule has 1 aliphatic heterocycles. The van der Waals surface area contributed by atoms with E-state index in [0.717, 1.165) is 0 Å². The van der Waals surface area contributed by atoms with E-state index < -0.39 is 4.92 Å². The van der Waals surface area contributed by atoms with Gasteiger partial charge in [0.15, 0.2) is 0 Å². The standard InChI is InChI=1S/C11H13ClN4O3/c12-9-2-1-8(16(18)19)11(14-9)15-5-3-7(4-6-15)10(13)17/h1-2,7H,3-6H2,(H2,13,17). The molecule has 0 radical (unpaired) electrons. The lowest BCUT2D eigenvalue weighted by atomic mass is 9.96. The molecule has 2 heterocycles. The Balaban J connectivity index is 2.21. The minimum atomic E-state index is -0.487. The molecule has 0 bridgehead atoms. The van der Waals surface area contributed by atoms with Crippen molar-refractivity contribution in [3.8, 4) is 0 Å². The second kappa shape index (κ2) is 5.40. The van der Waals surface area contributed by atoms with E-state index in [1.165, 1.54) is 12.1 Å². The Kier molecular flexibility index (Phi) is 3.84. The molecule has 102 valence electrons. The number of amides is 1. The van der Waals surface area contributed by atoms with Crippen LogP contribution in [0.4, 0.5) is 11.5 Å². The molecule has 1 amide bonds. The number of nitro groups is 1. The van der Waals surface area contributed by atoms with Gasteiger partial charge < -0.3 is 10.6 Å². The number of carbonyl (C=O) groups excluding carboxylic acids is 1. The number of hydrogen-bond donors (Lipinski definition) is 1. The molecule has 0 aromatic carbocycles. The first-order valence-corrected chi connectivity index (χ1v) is 6.22. The fourth-order valence-corrected chi connectivity index (χ4v) is 2.31. The van der Waals surface area contributed by atoms with Crippen LogP contribution in [-0.2, 0) is 4.79 Å². The highest BCUT2D eigenvalue weighted by molar-refractivity contribution is 6.29. The van der Waals surface area contributed by atoms with Crippen molar-refractivity contribution in [3.05, 3.63) is 27.4 Å². The highest BCUT2D eigenvalue weighted by Gasteiger charge is 2.28. The van der Waals surface area contributed by atoms with Crippen molar-refractivity contribution in [2.24, 2.45) is 11.7 Å². The van der Waals surface area contributed by atoms with Crippen LogP contribution in [0.5, 0.6) is 0 Å². The molecule has 1 saturated heterocycles. The molecule has 0 unspecified atom stereocenters. The Labute approximate surface area is 114 Å². The molecule has 1 fully saturated rings. The van der Waals surface area contributed by atoms with Gasteiger partial charge in [-0.1, -0.05) is 11.6 Å². The number of carbonyl (C=O) groups is 1. The van der Waals surface area contributed by atoms with E-state index in [2.05, 4.69) is 4.98 Å². The van der Waals surface area contributed by atoms with Gasteiger partial charge in [0.2, 0.25) is 11.7 Å². The molecule has 0 spiro atoms. The molecule has 1 aromatic heterocycles. The molecule has 7 nitrogen and oxygen atoms in total. The van der Waals surface area contributed by atoms with E-state index in [4.69, 9.17) is 17.3 Å². The summed E-state index contributed by atoms with van der Waals surface area (Å²) in [5.41, 5.74) is 5.17. The maximum atomic E-state index is 11.1. The van der Waals surface area contributed by atoms with Crippen molar-refractivity contribution in [2.45, 2.75) is 12.8 Å². The van der Waals surface area contributed by atoms with Crippen LogP contribution in [0, 0.1) is 16.0 Å². The smallest absolute Gasteiger partial charge is 0.311 e. The predicted octanol–water partition coefficient (Wildman–Crippen LogP) is 1.34. The van der Waals surface area contributed by atoms with Crippen LogP contribution < -0.4 is 10.6 Å². The van der Waals surface area contributed by atoms with Crippen LogP contribution >= 0.6 is 11.6 Å². The van der Waals surface area contributed by atoms with Gasteiger partial charge in [-0.3, -0.25) is 14.9 Å². The summed E-state index contributed by atoms with van der Waals surface area (Å²) in [5, 5.41) is 11.2. The van der Waals surface area contributed by atoms with Crippen LogP contribution in [0.15, 0.2) is 12.1 Å². The monoisotopic (exact) mass is 284 g/mol. The second-order valence-corrected chi connectivity index (χ2v) is 4.78. The number of rotatable bonds is 3. The van der Waals surface area contributed by atoms with E-state index >= 15 is 0 Å². The number of pyridine rings is 1. The first-order chi connectivity index (χ1) is 8.99. The normalized spacial score (nSPS) is 16.4. The molecule has 0 atom stereocenters. The SMILES string of the molecule is NC(=O)C1CCN(c2nc(Cl)ccc2[N+](=O)[O-])CC1. The average Bonchev–Trinajstić information content (AvgIpc) is 2.38. The lowest BCUT2D eigenvalue weighted by Gasteiger charge is -2.31. The molecule has 1 aliphatic rings. The first kappa shape index (κ1) is 13.5. The maximum absolute atomic E-state index is 11.1. The first-order valence-electron chi connectivity index (χ1n) is 5.84. The van der Waals surface area contributed by atoms with Crippen LogP contribution in [-0.4, -0.2) is 28.9 Å². The molecule has 0 saturated carbocycles. The molecule has 2 rings (SSSR count).